The van der Waals surface area contributed by atoms with Crippen molar-refractivity contribution in [2.24, 2.45) is 0 Å². The molecule has 1 atom stereocenters. The van der Waals surface area contributed by atoms with Gasteiger partial charge in [-0.05, 0) is 38.1 Å². The van der Waals surface area contributed by atoms with E-state index in [0.717, 1.165) is 24.4 Å². The molecule has 0 aromatic carbocycles. The highest BCUT2D eigenvalue weighted by molar-refractivity contribution is 5.29. The second kappa shape index (κ2) is 5.78. The van der Waals surface area contributed by atoms with Gasteiger partial charge in [0.15, 0.2) is 0 Å². The van der Waals surface area contributed by atoms with Crippen LogP contribution in [-0.2, 0) is 13.0 Å². The molecule has 2 aromatic rings. The molecule has 2 heterocycles. The molecular formula is C14H20N4. The lowest BCUT2D eigenvalue weighted by molar-refractivity contribution is 0.553. The molecule has 0 saturated carbocycles. The van der Waals surface area contributed by atoms with Gasteiger partial charge in [0.05, 0.1) is 17.4 Å². The highest BCUT2D eigenvalue weighted by Gasteiger charge is 2.19. The molecule has 0 bridgehead atoms. The van der Waals surface area contributed by atoms with E-state index in [4.69, 9.17) is 0 Å². The molecule has 0 amide bonds. The SMILES string of the molecule is CCc1cccnc1C(NC)c1ccnn1CC. The summed E-state index contributed by atoms with van der Waals surface area (Å²) in [6.45, 7) is 5.13. The lowest BCUT2D eigenvalue weighted by Crippen LogP contribution is -2.23. The molecule has 4 heteroatoms. The maximum atomic E-state index is 4.55. The minimum Gasteiger partial charge on any atom is -0.307 e. The number of hydrogen-bond acceptors (Lipinski definition) is 3. The van der Waals surface area contributed by atoms with Crippen LogP contribution in [0.1, 0.15) is 36.8 Å². The molecule has 0 spiro atoms. The first-order valence-corrected chi connectivity index (χ1v) is 6.44. The van der Waals surface area contributed by atoms with Crippen molar-refractivity contribution in [1.82, 2.24) is 20.1 Å². The van der Waals surface area contributed by atoms with Gasteiger partial charge < -0.3 is 5.32 Å². The minimum atomic E-state index is 0.101. The number of nitrogens with one attached hydrogen (secondary N) is 1. The van der Waals surface area contributed by atoms with Crippen LogP contribution >= 0.6 is 0 Å². The molecular weight excluding hydrogens is 224 g/mol. The third-order valence-electron chi connectivity index (χ3n) is 3.21. The average molecular weight is 244 g/mol. The minimum absolute atomic E-state index is 0.101. The van der Waals surface area contributed by atoms with Crippen LogP contribution in [0.2, 0.25) is 0 Å². The van der Waals surface area contributed by atoms with E-state index in [9.17, 15) is 0 Å². The molecule has 0 fully saturated rings. The Kier molecular flexibility index (Phi) is 4.10. The fraction of sp³-hybridized carbons (Fsp3) is 0.429. The number of nitrogens with zero attached hydrogens (tertiary/aromatic N) is 3. The molecule has 0 aliphatic rings. The summed E-state index contributed by atoms with van der Waals surface area (Å²) in [5.74, 6) is 0. The summed E-state index contributed by atoms with van der Waals surface area (Å²) in [5.41, 5.74) is 3.53. The number of rotatable bonds is 5. The second-order valence-electron chi connectivity index (χ2n) is 4.19. The van der Waals surface area contributed by atoms with Crippen molar-refractivity contribution in [2.45, 2.75) is 32.9 Å². The van der Waals surface area contributed by atoms with Gasteiger partial charge in [-0.15, -0.1) is 0 Å². The smallest absolute Gasteiger partial charge is 0.0922 e. The third-order valence-corrected chi connectivity index (χ3v) is 3.21. The van der Waals surface area contributed by atoms with Gasteiger partial charge in [-0.3, -0.25) is 9.67 Å². The van der Waals surface area contributed by atoms with E-state index in [2.05, 4.69) is 41.4 Å². The van der Waals surface area contributed by atoms with Gasteiger partial charge in [-0.2, -0.15) is 5.10 Å². The van der Waals surface area contributed by atoms with Gasteiger partial charge in [0.2, 0.25) is 0 Å². The Morgan fingerprint density at radius 1 is 1.28 bits per heavy atom. The fourth-order valence-electron chi connectivity index (χ4n) is 2.29. The first kappa shape index (κ1) is 12.8. The van der Waals surface area contributed by atoms with Gasteiger partial charge in [-0.25, -0.2) is 0 Å². The highest BCUT2D eigenvalue weighted by atomic mass is 15.3. The Bertz CT molecular complexity index is 504. The molecule has 2 rings (SSSR count). The third kappa shape index (κ3) is 2.29. The van der Waals surface area contributed by atoms with Crippen molar-refractivity contribution < 1.29 is 0 Å². The predicted octanol–water partition coefficient (Wildman–Crippen LogP) is 2.17. The molecule has 1 unspecified atom stereocenters. The lowest BCUT2D eigenvalue weighted by atomic mass is 10.0. The monoisotopic (exact) mass is 244 g/mol. The first-order valence-electron chi connectivity index (χ1n) is 6.44. The zero-order chi connectivity index (χ0) is 13.0. The molecule has 2 aromatic heterocycles. The zero-order valence-electron chi connectivity index (χ0n) is 11.2. The fourth-order valence-corrected chi connectivity index (χ4v) is 2.29. The molecule has 0 aliphatic heterocycles. The molecule has 0 saturated heterocycles. The molecule has 0 aliphatic carbocycles. The van der Waals surface area contributed by atoms with Crippen LogP contribution in [-0.4, -0.2) is 21.8 Å². The van der Waals surface area contributed by atoms with Crippen molar-refractivity contribution in [3.05, 3.63) is 47.5 Å². The molecule has 0 radical (unpaired) electrons. The number of aromatic nitrogens is 3. The summed E-state index contributed by atoms with van der Waals surface area (Å²) in [6.07, 6.45) is 4.69. The predicted molar refractivity (Wildman–Crippen MR) is 72.4 cm³/mol. The molecule has 96 valence electrons. The Labute approximate surface area is 108 Å². The summed E-state index contributed by atoms with van der Waals surface area (Å²) in [5, 5.41) is 7.68. The number of pyridine rings is 1. The van der Waals surface area contributed by atoms with Crippen LogP contribution in [0.15, 0.2) is 30.6 Å². The summed E-state index contributed by atoms with van der Waals surface area (Å²) < 4.78 is 2.01. The van der Waals surface area contributed by atoms with E-state index < -0.39 is 0 Å². The number of hydrogen-bond donors (Lipinski definition) is 1. The Morgan fingerprint density at radius 2 is 2.11 bits per heavy atom. The molecule has 4 nitrogen and oxygen atoms in total. The van der Waals surface area contributed by atoms with Crippen molar-refractivity contribution in [1.29, 1.82) is 0 Å². The van der Waals surface area contributed by atoms with Crippen molar-refractivity contribution in [2.75, 3.05) is 7.05 Å². The maximum absolute atomic E-state index is 4.55. The van der Waals surface area contributed by atoms with Crippen LogP contribution in [0.25, 0.3) is 0 Å². The first-order chi connectivity index (χ1) is 8.81. The van der Waals surface area contributed by atoms with Crippen LogP contribution in [0.3, 0.4) is 0 Å². The topological polar surface area (TPSA) is 42.7 Å². The van der Waals surface area contributed by atoms with Gasteiger partial charge in [0.25, 0.3) is 0 Å². The van der Waals surface area contributed by atoms with E-state index in [1.807, 2.05) is 30.2 Å². The van der Waals surface area contributed by atoms with Gasteiger partial charge in [0.1, 0.15) is 0 Å². The van der Waals surface area contributed by atoms with Crippen molar-refractivity contribution in [3.8, 4) is 0 Å². The summed E-state index contributed by atoms with van der Waals surface area (Å²) in [7, 11) is 1.96. The summed E-state index contributed by atoms with van der Waals surface area (Å²) in [4.78, 5) is 4.55. The van der Waals surface area contributed by atoms with Crippen molar-refractivity contribution in [3.63, 3.8) is 0 Å². The highest BCUT2D eigenvalue weighted by Crippen LogP contribution is 2.23. The Hall–Kier alpha value is -1.68. The molecule has 1 N–H and O–H groups in total. The van der Waals surface area contributed by atoms with Crippen LogP contribution < -0.4 is 5.32 Å². The van der Waals surface area contributed by atoms with E-state index in [1.165, 1.54) is 5.56 Å². The Balaban J connectivity index is 2.45. The van der Waals surface area contributed by atoms with E-state index in [-0.39, 0.29) is 6.04 Å². The number of aryl methyl sites for hydroxylation is 2. The van der Waals surface area contributed by atoms with E-state index in [1.54, 1.807) is 0 Å². The quantitative estimate of drug-likeness (QED) is 0.876. The maximum Gasteiger partial charge on any atom is 0.0922 e. The van der Waals surface area contributed by atoms with E-state index >= 15 is 0 Å². The van der Waals surface area contributed by atoms with E-state index in [0.29, 0.717) is 0 Å². The average Bonchev–Trinajstić information content (AvgIpc) is 2.88. The van der Waals surface area contributed by atoms with Crippen LogP contribution in [0.5, 0.6) is 0 Å². The normalized spacial score (nSPS) is 12.6. The second-order valence-corrected chi connectivity index (χ2v) is 4.19. The zero-order valence-corrected chi connectivity index (χ0v) is 11.2. The largest absolute Gasteiger partial charge is 0.307 e. The van der Waals surface area contributed by atoms with Crippen LogP contribution in [0.4, 0.5) is 0 Å². The van der Waals surface area contributed by atoms with Crippen molar-refractivity contribution >= 4 is 0 Å². The van der Waals surface area contributed by atoms with Gasteiger partial charge >= 0.3 is 0 Å². The van der Waals surface area contributed by atoms with Gasteiger partial charge in [-0.1, -0.05) is 13.0 Å². The van der Waals surface area contributed by atoms with Crippen LogP contribution in [0, 0.1) is 0 Å². The summed E-state index contributed by atoms with van der Waals surface area (Å²) in [6, 6.07) is 6.29. The summed E-state index contributed by atoms with van der Waals surface area (Å²) >= 11 is 0. The van der Waals surface area contributed by atoms with Gasteiger partial charge in [0, 0.05) is 18.9 Å². The Morgan fingerprint density at radius 3 is 2.78 bits per heavy atom. The molecule has 18 heavy (non-hydrogen) atoms. The standard InChI is InChI=1S/C14H20N4/c1-4-11-7-6-9-16-13(11)14(15-3)12-8-10-17-18(12)5-2/h6-10,14-15H,4-5H2,1-3H3. The lowest BCUT2D eigenvalue weighted by Gasteiger charge is -2.19.